The van der Waals surface area contributed by atoms with Crippen molar-refractivity contribution in [3.63, 3.8) is 0 Å². The van der Waals surface area contributed by atoms with Gasteiger partial charge in [0.2, 0.25) is 5.95 Å². The number of nitrogens with zero attached hydrogens (tertiary/aromatic N) is 2. The van der Waals surface area contributed by atoms with Gasteiger partial charge in [-0.15, -0.1) is 0 Å². The Labute approximate surface area is 126 Å². The third-order valence-electron chi connectivity index (χ3n) is 5.61. The summed E-state index contributed by atoms with van der Waals surface area (Å²) in [4.78, 5) is 9.18. The molecule has 1 saturated carbocycles. The highest BCUT2D eigenvalue weighted by atomic mass is 15.1. The van der Waals surface area contributed by atoms with Gasteiger partial charge in [0.05, 0.1) is 5.69 Å². The summed E-state index contributed by atoms with van der Waals surface area (Å²) in [5.74, 6) is 1.43. The molecule has 1 atom stereocenters. The van der Waals surface area contributed by atoms with Gasteiger partial charge in [0.1, 0.15) is 5.82 Å². The van der Waals surface area contributed by atoms with Crippen molar-refractivity contribution in [3.05, 3.63) is 11.3 Å². The number of nitrogen functional groups attached to an aromatic ring is 1. The monoisotopic (exact) mass is 287 g/mol. The Morgan fingerprint density at radius 1 is 1.19 bits per heavy atom. The molecule has 1 spiro atoms. The first-order valence-corrected chi connectivity index (χ1v) is 8.41. The second-order valence-electron chi connectivity index (χ2n) is 6.92. The first-order valence-electron chi connectivity index (χ1n) is 8.41. The van der Waals surface area contributed by atoms with Gasteiger partial charge in [-0.2, -0.15) is 4.98 Å². The molecule has 1 aromatic heterocycles. The molecule has 1 aliphatic heterocycles. The second kappa shape index (κ2) is 5.13. The lowest BCUT2D eigenvalue weighted by Crippen LogP contribution is -2.47. The van der Waals surface area contributed by atoms with Crippen molar-refractivity contribution >= 4 is 11.8 Å². The van der Waals surface area contributed by atoms with E-state index in [1.165, 1.54) is 56.2 Å². The number of hydrogen-bond acceptors (Lipinski definition) is 5. The Morgan fingerprint density at radius 2 is 1.95 bits per heavy atom. The summed E-state index contributed by atoms with van der Waals surface area (Å²) < 4.78 is 0. The molecule has 1 unspecified atom stereocenters. The van der Waals surface area contributed by atoms with Crippen LogP contribution < -0.4 is 16.4 Å². The average Bonchev–Trinajstić information content (AvgIpc) is 2.88. The van der Waals surface area contributed by atoms with E-state index in [9.17, 15) is 0 Å². The zero-order valence-electron chi connectivity index (χ0n) is 12.6. The van der Waals surface area contributed by atoms with Crippen molar-refractivity contribution in [3.8, 4) is 0 Å². The highest BCUT2D eigenvalue weighted by molar-refractivity contribution is 5.53. The average molecular weight is 287 g/mol. The van der Waals surface area contributed by atoms with E-state index in [1.54, 1.807) is 0 Å². The van der Waals surface area contributed by atoms with Crippen LogP contribution in [0.3, 0.4) is 0 Å². The molecule has 1 aromatic rings. The highest BCUT2D eigenvalue weighted by Gasteiger charge is 2.41. The molecule has 3 aliphatic rings. The van der Waals surface area contributed by atoms with E-state index in [4.69, 9.17) is 5.73 Å². The lowest BCUT2D eigenvalue weighted by molar-refractivity contribution is 0.357. The van der Waals surface area contributed by atoms with E-state index in [1.807, 2.05) is 0 Å². The standard InChI is InChI=1S/C16H25N5/c17-15-20-13-12(4-3-8-16(13)6-1-2-7-16)14(21-15)19-10-11-5-9-18-11/h11,18H,1-10H2,(H3,17,19,20,21). The second-order valence-corrected chi connectivity index (χ2v) is 6.92. The van der Waals surface area contributed by atoms with E-state index in [-0.39, 0.29) is 0 Å². The maximum atomic E-state index is 6.01. The number of nitrogens with two attached hydrogens (primary N) is 1. The smallest absolute Gasteiger partial charge is 0.222 e. The van der Waals surface area contributed by atoms with E-state index in [0.717, 1.165) is 25.3 Å². The normalized spacial score (nSPS) is 26.4. The fourth-order valence-electron chi connectivity index (χ4n) is 4.33. The molecule has 0 amide bonds. The molecule has 2 fully saturated rings. The highest BCUT2D eigenvalue weighted by Crippen LogP contribution is 2.49. The number of rotatable bonds is 3. The van der Waals surface area contributed by atoms with Crippen LogP contribution in [0.1, 0.15) is 56.2 Å². The van der Waals surface area contributed by atoms with Crippen molar-refractivity contribution in [2.45, 2.75) is 62.8 Å². The van der Waals surface area contributed by atoms with Crippen LogP contribution in [0.2, 0.25) is 0 Å². The van der Waals surface area contributed by atoms with Gasteiger partial charge in [0, 0.05) is 23.6 Å². The van der Waals surface area contributed by atoms with Crippen molar-refractivity contribution in [1.29, 1.82) is 0 Å². The minimum absolute atomic E-state index is 0.301. The number of fused-ring (bicyclic) bond motifs is 2. The number of hydrogen-bond donors (Lipinski definition) is 3. The number of anilines is 2. The van der Waals surface area contributed by atoms with Crippen molar-refractivity contribution < 1.29 is 0 Å². The fraction of sp³-hybridized carbons (Fsp3) is 0.750. The molecule has 0 aromatic carbocycles. The predicted molar refractivity (Wildman–Crippen MR) is 84.4 cm³/mol. The Balaban J connectivity index is 1.66. The van der Waals surface area contributed by atoms with E-state index in [2.05, 4.69) is 20.6 Å². The number of nitrogens with one attached hydrogen (secondary N) is 2. The van der Waals surface area contributed by atoms with Crippen LogP contribution in [0, 0.1) is 0 Å². The van der Waals surface area contributed by atoms with Gasteiger partial charge >= 0.3 is 0 Å². The maximum Gasteiger partial charge on any atom is 0.222 e. The van der Waals surface area contributed by atoms with Crippen LogP contribution in [0.4, 0.5) is 11.8 Å². The summed E-state index contributed by atoms with van der Waals surface area (Å²) in [6.45, 7) is 2.08. The van der Waals surface area contributed by atoms with Gasteiger partial charge < -0.3 is 16.4 Å². The fourth-order valence-corrected chi connectivity index (χ4v) is 4.33. The molecule has 1 saturated heterocycles. The van der Waals surface area contributed by atoms with Gasteiger partial charge in [-0.05, 0) is 45.1 Å². The summed E-state index contributed by atoms with van der Waals surface area (Å²) in [5.41, 5.74) is 8.92. The summed E-state index contributed by atoms with van der Waals surface area (Å²) >= 11 is 0. The molecular formula is C16H25N5. The summed E-state index contributed by atoms with van der Waals surface area (Å²) in [7, 11) is 0. The van der Waals surface area contributed by atoms with Gasteiger partial charge in [-0.25, -0.2) is 4.98 Å². The van der Waals surface area contributed by atoms with Crippen LogP contribution in [-0.4, -0.2) is 29.1 Å². The summed E-state index contributed by atoms with van der Waals surface area (Å²) in [6.07, 6.45) is 10.1. The molecule has 4 N–H and O–H groups in total. The van der Waals surface area contributed by atoms with Crippen LogP contribution in [0.5, 0.6) is 0 Å². The molecule has 5 nitrogen and oxygen atoms in total. The molecule has 114 valence electrons. The van der Waals surface area contributed by atoms with E-state index < -0.39 is 0 Å². The Hall–Kier alpha value is -1.36. The van der Waals surface area contributed by atoms with Crippen LogP contribution in [0.15, 0.2) is 0 Å². The lowest BCUT2D eigenvalue weighted by Gasteiger charge is -2.36. The van der Waals surface area contributed by atoms with Crippen molar-refractivity contribution in [1.82, 2.24) is 15.3 Å². The first-order chi connectivity index (χ1) is 10.3. The molecule has 5 heteroatoms. The summed E-state index contributed by atoms with van der Waals surface area (Å²) in [5, 5.41) is 6.95. The molecule has 2 heterocycles. The first kappa shape index (κ1) is 13.3. The molecule has 0 radical (unpaired) electrons. The van der Waals surface area contributed by atoms with Gasteiger partial charge in [0.15, 0.2) is 0 Å². The minimum Gasteiger partial charge on any atom is -0.368 e. The molecule has 21 heavy (non-hydrogen) atoms. The van der Waals surface area contributed by atoms with E-state index >= 15 is 0 Å². The Bertz CT molecular complexity index is 532. The van der Waals surface area contributed by atoms with Crippen LogP contribution in [-0.2, 0) is 11.8 Å². The van der Waals surface area contributed by atoms with E-state index in [0.29, 0.717) is 17.4 Å². The molecule has 2 aliphatic carbocycles. The predicted octanol–water partition coefficient (Wildman–Crippen LogP) is 1.98. The van der Waals surface area contributed by atoms with Crippen molar-refractivity contribution in [2.75, 3.05) is 24.1 Å². The Morgan fingerprint density at radius 3 is 2.67 bits per heavy atom. The quantitative estimate of drug-likeness (QED) is 0.792. The zero-order valence-corrected chi connectivity index (χ0v) is 12.6. The van der Waals surface area contributed by atoms with Gasteiger partial charge in [-0.1, -0.05) is 12.8 Å². The molecule has 0 bridgehead atoms. The van der Waals surface area contributed by atoms with Gasteiger partial charge in [0.25, 0.3) is 0 Å². The molecule has 4 rings (SSSR count). The topological polar surface area (TPSA) is 75.9 Å². The largest absolute Gasteiger partial charge is 0.368 e. The van der Waals surface area contributed by atoms with Crippen LogP contribution in [0.25, 0.3) is 0 Å². The Kier molecular flexibility index (Phi) is 3.25. The summed E-state index contributed by atoms with van der Waals surface area (Å²) in [6, 6.07) is 0.584. The third-order valence-corrected chi connectivity index (χ3v) is 5.61. The van der Waals surface area contributed by atoms with Crippen LogP contribution >= 0.6 is 0 Å². The third kappa shape index (κ3) is 2.27. The van der Waals surface area contributed by atoms with Crippen molar-refractivity contribution in [2.24, 2.45) is 0 Å². The number of aromatic nitrogens is 2. The maximum absolute atomic E-state index is 6.01. The minimum atomic E-state index is 0.301. The molecular weight excluding hydrogens is 262 g/mol. The SMILES string of the molecule is Nc1nc(NCC2CCN2)c2c(n1)C1(CCCC1)CCC2. The van der Waals surface area contributed by atoms with Gasteiger partial charge in [-0.3, -0.25) is 0 Å². The lowest BCUT2D eigenvalue weighted by atomic mass is 9.72. The zero-order chi connectivity index (χ0) is 14.3.